The third kappa shape index (κ3) is 5.34. The van der Waals surface area contributed by atoms with E-state index in [1.54, 1.807) is 0 Å². The van der Waals surface area contributed by atoms with E-state index in [0.29, 0.717) is 25.8 Å². The normalized spacial score (nSPS) is 16.1. The monoisotopic (exact) mass is 478 g/mol. The highest BCUT2D eigenvalue weighted by Gasteiger charge is 2.42. The van der Waals surface area contributed by atoms with Gasteiger partial charge in [-0.05, 0) is 41.5 Å². The molecule has 0 saturated heterocycles. The molecule has 2 N–H and O–H groups in total. The van der Waals surface area contributed by atoms with Gasteiger partial charge in [0, 0.05) is 19.0 Å². The lowest BCUT2D eigenvalue weighted by Crippen LogP contribution is -2.52. The van der Waals surface area contributed by atoms with Crippen LogP contribution in [0, 0.1) is 5.41 Å². The summed E-state index contributed by atoms with van der Waals surface area (Å²) < 4.78 is 5.66. The average molecular weight is 479 g/mol. The van der Waals surface area contributed by atoms with E-state index in [9.17, 15) is 19.5 Å². The largest absolute Gasteiger partial charge is 0.480 e. The van der Waals surface area contributed by atoms with Gasteiger partial charge < -0.3 is 20.1 Å². The Bertz CT molecular complexity index is 1030. The molecule has 1 fully saturated rings. The molecule has 1 saturated carbocycles. The van der Waals surface area contributed by atoms with E-state index in [4.69, 9.17) is 4.74 Å². The summed E-state index contributed by atoms with van der Waals surface area (Å²) in [5.74, 6) is -1.24. The van der Waals surface area contributed by atoms with Crippen molar-refractivity contribution in [2.45, 2.75) is 51.4 Å². The van der Waals surface area contributed by atoms with Gasteiger partial charge in [-0.25, -0.2) is 4.79 Å². The number of hydrogen-bond acceptors (Lipinski definition) is 4. The summed E-state index contributed by atoms with van der Waals surface area (Å²) in [5.41, 5.74) is 3.83. The van der Waals surface area contributed by atoms with E-state index in [1.807, 2.05) is 31.2 Å². The van der Waals surface area contributed by atoms with Crippen molar-refractivity contribution in [3.63, 3.8) is 0 Å². The van der Waals surface area contributed by atoms with Crippen molar-refractivity contribution in [1.82, 2.24) is 10.2 Å². The fourth-order valence-corrected chi connectivity index (χ4v) is 5.61. The molecule has 2 aromatic rings. The first-order valence-corrected chi connectivity index (χ1v) is 12.6. The third-order valence-electron chi connectivity index (χ3n) is 7.29. The predicted octanol–water partition coefficient (Wildman–Crippen LogP) is 4.80. The molecule has 0 unspecified atom stereocenters. The van der Waals surface area contributed by atoms with Crippen LogP contribution in [0.2, 0.25) is 0 Å². The van der Waals surface area contributed by atoms with Crippen LogP contribution in [0.3, 0.4) is 0 Å². The molecule has 186 valence electrons. The lowest BCUT2D eigenvalue weighted by atomic mass is 9.72. The second-order valence-electron chi connectivity index (χ2n) is 9.64. The molecule has 0 atom stereocenters. The van der Waals surface area contributed by atoms with E-state index >= 15 is 0 Å². The zero-order valence-electron chi connectivity index (χ0n) is 20.3. The fourth-order valence-electron chi connectivity index (χ4n) is 5.61. The Kier molecular flexibility index (Phi) is 7.73. The number of carbonyl (C=O) groups excluding carboxylic acids is 2. The molecule has 7 heteroatoms. The van der Waals surface area contributed by atoms with Crippen molar-refractivity contribution in [1.29, 1.82) is 0 Å². The highest BCUT2D eigenvalue weighted by molar-refractivity contribution is 5.87. The topological polar surface area (TPSA) is 95.9 Å². The summed E-state index contributed by atoms with van der Waals surface area (Å²) in [5, 5.41) is 12.1. The number of benzene rings is 2. The molecule has 0 radical (unpaired) electrons. The molecule has 35 heavy (non-hydrogen) atoms. The first-order chi connectivity index (χ1) is 16.9. The molecule has 0 aromatic heterocycles. The van der Waals surface area contributed by atoms with Gasteiger partial charge in [0.25, 0.3) is 0 Å². The number of fused-ring (bicyclic) bond motifs is 3. The lowest BCUT2D eigenvalue weighted by molar-refractivity contribution is -0.151. The average Bonchev–Trinajstić information content (AvgIpc) is 3.19. The number of carbonyl (C=O) groups is 3. The number of carboxylic acids is 1. The summed E-state index contributed by atoms with van der Waals surface area (Å²) in [6.07, 6.45) is 4.19. The number of carboxylic acid groups (broad SMARTS) is 1. The lowest BCUT2D eigenvalue weighted by Gasteiger charge is -2.39. The van der Waals surface area contributed by atoms with Crippen molar-refractivity contribution in [3.8, 4) is 11.1 Å². The van der Waals surface area contributed by atoms with E-state index in [-0.39, 0.29) is 31.5 Å². The highest BCUT2D eigenvalue weighted by Crippen LogP contribution is 2.44. The molecule has 7 nitrogen and oxygen atoms in total. The predicted molar refractivity (Wildman–Crippen MR) is 133 cm³/mol. The summed E-state index contributed by atoms with van der Waals surface area (Å²) in [6.45, 7) is 2.35. The molecule has 4 rings (SSSR count). The zero-order chi connectivity index (χ0) is 24.8. The van der Waals surface area contributed by atoms with Gasteiger partial charge in [-0.15, -0.1) is 0 Å². The maximum absolute atomic E-state index is 13.5. The van der Waals surface area contributed by atoms with E-state index in [1.165, 1.54) is 16.0 Å². The van der Waals surface area contributed by atoms with Crippen LogP contribution < -0.4 is 5.32 Å². The van der Waals surface area contributed by atoms with Crippen molar-refractivity contribution < 1.29 is 24.2 Å². The number of nitrogens with one attached hydrogen (secondary N) is 1. The third-order valence-corrected chi connectivity index (χ3v) is 7.29. The van der Waals surface area contributed by atoms with Gasteiger partial charge in [0.1, 0.15) is 13.2 Å². The van der Waals surface area contributed by atoms with Gasteiger partial charge in [-0.3, -0.25) is 9.59 Å². The summed E-state index contributed by atoms with van der Waals surface area (Å²) in [7, 11) is 0. The Labute approximate surface area is 206 Å². The van der Waals surface area contributed by atoms with E-state index in [0.717, 1.165) is 30.4 Å². The molecule has 2 aliphatic rings. The zero-order valence-corrected chi connectivity index (χ0v) is 20.3. The Morgan fingerprint density at radius 3 is 2.17 bits per heavy atom. The van der Waals surface area contributed by atoms with Crippen molar-refractivity contribution >= 4 is 18.0 Å². The van der Waals surface area contributed by atoms with Crippen molar-refractivity contribution in [3.05, 3.63) is 59.7 Å². The second kappa shape index (κ2) is 10.9. The SMILES string of the molecule is CCCN(CC(=O)O)C(=O)C1(CNC(=O)OCC2c3ccccc3-c3ccccc32)CCCCC1. The van der Waals surface area contributed by atoms with Crippen LogP contribution in [-0.4, -0.2) is 54.2 Å². The molecule has 2 amide bonds. The fraction of sp³-hybridized carbons (Fsp3) is 0.464. The number of rotatable bonds is 9. The van der Waals surface area contributed by atoms with Crippen molar-refractivity contribution in [2.75, 3.05) is 26.2 Å². The van der Waals surface area contributed by atoms with Gasteiger partial charge in [0.05, 0.1) is 5.41 Å². The molecule has 0 bridgehead atoms. The van der Waals surface area contributed by atoms with Crippen LogP contribution in [0.15, 0.2) is 48.5 Å². The van der Waals surface area contributed by atoms with E-state index < -0.39 is 17.5 Å². The number of aliphatic carboxylic acids is 1. The van der Waals surface area contributed by atoms with Crippen LogP contribution in [0.4, 0.5) is 4.79 Å². The smallest absolute Gasteiger partial charge is 0.407 e. The molecule has 0 aliphatic heterocycles. The minimum atomic E-state index is -1.03. The van der Waals surface area contributed by atoms with Gasteiger partial charge in [0.2, 0.25) is 5.91 Å². The van der Waals surface area contributed by atoms with Crippen LogP contribution in [-0.2, 0) is 14.3 Å². The molecule has 0 spiro atoms. The number of alkyl carbamates (subject to hydrolysis) is 1. The summed E-state index contributed by atoms with van der Waals surface area (Å²) in [4.78, 5) is 39.0. The molecule has 2 aliphatic carbocycles. The van der Waals surface area contributed by atoms with Gasteiger partial charge in [-0.2, -0.15) is 0 Å². The number of hydrogen-bond donors (Lipinski definition) is 2. The minimum Gasteiger partial charge on any atom is -0.480 e. The van der Waals surface area contributed by atoms with Gasteiger partial charge in [0.15, 0.2) is 0 Å². The number of ether oxygens (including phenoxy) is 1. The van der Waals surface area contributed by atoms with Crippen LogP contribution in [0.5, 0.6) is 0 Å². The van der Waals surface area contributed by atoms with Crippen molar-refractivity contribution in [2.24, 2.45) is 5.41 Å². The second-order valence-corrected chi connectivity index (χ2v) is 9.64. The first kappa shape index (κ1) is 24.8. The maximum atomic E-state index is 13.5. The number of nitrogens with zero attached hydrogens (tertiary/aromatic N) is 1. The van der Waals surface area contributed by atoms with Crippen LogP contribution in [0.1, 0.15) is 62.5 Å². The number of amides is 2. The molecular weight excluding hydrogens is 444 g/mol. The minimum absolute atomic E-state index is 0.0333. The standard InChI is InChI=1S/C28H34N2O5/c1-2-16-30(17-25(31)32)26(33)28(14-8-3-9-15-28)19-29-27(34)35-18-24-22-12-6-4-10-20(22)21-11-5-7-13-23(21)24/h4-7,10-13,24H,2-3,8-9,14-19H2,1H3,(H,29,34)(H,31,32). The Balaban J connectivity index is 1.42. The summed E-state index contributed by atoms with van der Waals surface area (Å²) >= 11 is 0. The van der Waals surface area contributed by atoms with Gasteiger partial charge >= 0.3 is 12.1 Å². The Morgan fingerprint density at radius 1 is 1.00 bits per heavy atom. The maximum Gasteiger partial charge on any atom is 0.407 e. The van der Waals surface area contributed by atoms with Gasteiger partial charge in [-0.1, -0.05) is 74.7 Å². The molecular formula is C28H34N2O5. The van der Waals surface area contributed by atoms with Crippen LogP contribution >= 0.6 is 0 Å². The molecule has 2 aromatic carbocycles. The van der Waals surface area contributed by atoms with E-state index in [2.05, 4.69) is 29.6 Å². The Hall–Kier alpha value is -3.35. The quantitative estimate of drug-likeness (QED) is 0.540. The Morgan fingerprint density at radius 2 is 1.60 bits per heavy atom. The first-order valence-electron chi connectivity index (χ1n) is 12.6. The molecule has 0 heterocycles. The highest BCUT2D eigenvalue weighted by atomic mass is 16.5. The van der Waals surface area contributed by atoms with Crippen LogP contribution in [0.25, 0.3) is 11.1 Å². The summed E-state index contributed by atoms with van der Waals surface area (Å²) in [6, 6.07) is 16.3.